The maximum Gasteiger partial charge on any atom is 0.0929 e. The first-order valence-electron chi connectivity index (χ1n) is 11.8. The average Bonchev–Trinajstić information content (AvgIpc) is 3.42. The molecule has 3 heterocycles. The molecule has 0 saturated carbocycles. The van der Waals surface area contributed by atoms with Crippen molar-refractivity contribution in [2.45, 2.75) is 33.5 Å². The van der Waals surface area contributed by atoms with Gasteiger partial charge in [0.2, 0.25) is 0 Å². The highest BCUT2D eigenvalue weighted by molar-refractivity contribution is 5.84. The Hall–Kier alpha value is -2.93. The predicted molar refractivity (Wildman–Crippen MR) is 138 cm³/mol. The highest BCUT2D eigenvalue weighted by Crippen LogP contribution is 2.28. The first-order chi connectivity index (χ1) is 16.1. The lowest BCUT2D eigenvalue weighted by Crippen LogP contribution is -2.43. The van der Waals surface area contributed by atoms with E-state index in [4.69, 9.17) is 10.8 Å². The maximum absolute atomic E-state index is 6.10. The second-order valence-corrected chi connectivity index (χ2v) is 8.82. The van der Waals surface area contributed by atoms with Gasteiger partial charge in [0.25, 0.3) is 0 Å². The zero-order valence-electron chi connectivity index (χ0n) is 20.1. The molecule has 0 aliphatic carbocycles. The molecule has 0 spiro atoms. The number of aromatic amines is 1. The van der Waals surface area contributed by atoms with Gasteiger partial charge in [-0.2, -0.15) is 5.10 Å². The number of allylic oxidation sites excluding steroid dienone is 6. The van der Waals surface area contributed by atoms with Crippen LogP contribution in [0.5, 0.6) is 0 Å². The van der Waals surface area contributed by atoms with Gasteiger partial charge in [-0.3, -0.25) is 9.58 Å². The van der Waals surface area contributed by atoms with Crippen molar-refractivity contribution < 1.29 is 0 Å². The van der Waals surface area contributed by atoms with Gasteiger partial charge in [0.15, 0.2) is 0 Å². The Balaban J connectivity index is 1.54. The Bertz CT molecular complexity index is 1150. The molecular formula is C27H36N6. The average molecular weight is 445 g/mol. The van der Waals surface area contributed by atoms with Crippen molar-refractivity contribution in [3.63, 3.8) is 0 Å². The zero-order chi connectivity index (χ0) is 23.2. The molecule has 1 aliphatic rings. The summed E-state index contributed by atoms with van der Waals surface area (Å²) in [5.41, 5.74) is 13.0. The number of aromatic nitrogens is 3. The molecule has 1 aliphatic heterocycles. The molecule has 0 unspecified atom stereocenters. The van der Waals surface area contributed by atoms with Crippen LogP contribution in [0.1, 0.15) is 25.2 Å². The van der Waals surface area contributed by atoms with E-state index in [0.29, 0.717) is 6.54 Å². The Morgan fingerprint density at radius 1 is 1.12 bits per heavy atom. The number of fused-ring (bicyclic) bond motifs is 1. The molecule has 3 N–H and O–H groups in total. The molecule has 0 atom stereocenters. The van der Waals surface area contributed by atoms with Gasteiger partial charge in [-0.05, 0) is 44.2 Å². The van der Waals surface area contributed by atoms with Crippen LogP contribution < -0.4 is 5.73 Å². The van der Waals surface area contributed by atoms with Crippen molar-refractivity contribution in [2.24, 2.45) is 5.73 Å². The summed E-state index contributed by atoms with van der Waals surface area (Å²) in [5.74, 6) is 0. The minimum Gasteiger partial charge on any atom is -0.360 e. The normalized spacial score (nSPS) is 16.7. The number of nitrogens with two attached hydrogens (primary N) is 1. The summed E-state index contributed by atoms with van der Waals surface area (Å²) < 4.78 is 2.02. The van der Waals surface area contributed by atoms with Crippen molar-refractivity contribution >= 4 is 10.9 Å². The molecule has 0 amide bonds. The smallest absolute Gasteiger partial charge is 0.0929 e. The van der Waals surface area contributed by atoms with Gasteiger partial charge >= 0.3 is 0 Å². The lowest BCUT2D eigenvalue weighted by atomic mass is 10.0. The molecule has 1 fully saturated rings. The number of benzene rings is 1. The van der Waals surface area contributed by atoms with Crippen molar-refractivity contribution in [3.8, 4) is 11.1 Å². The minimum absolute atomic E-state index is 0.494. The fourth-order valence-electron chi connectivity index (χ4n) is 4.34. The van der Waals surface area contributed by atoms with E-state index < -0.39 is 0 Å². The van der Waals surface area contributed by atoms with Crippen molar-refractivity contribution in [2.75, 3.05) is 33.2 Å². The van der Waals surface area contributed by atoms with E-state index in [9.17, 15) is 0 Å². The second kappa shape index (κ2) is 10.8. The Morgan fingerprint density at radius 2 is 1.94 bits per heavy atom. The van der Waals surface area contributed by atoms with Crippen LogP contribution in [0, 0.1) is 0 Å². The van der Waals surface area contributed by atoms with Crippen molar-refractivity contribution in [1.82, 2.24) is 24.6 Å². The molecule has 3 aromatic rings. The quantitative estimate of drug-likeness (QED) is 0.508. The number of likely N-dealkylation sites (N-methyl/N-ethyl adjacent to an activating group) is 1. The van der Waals surface area contributed by atoms with Crippen molar-refractivity contribution in [3.05, 3.63) is 77.8 Å². The Labute approximate surface area is 197 Å². The summed E-state index contributed by atoms with van der Waals surface area (Å²) in [6.07, 6.45) is 12.5. The molecule has 2 aromatic heterocycles. The van der Waals surface area contributed by atoms with E-state index in [0.717, 1.165) is 61.4 Å². The van der Waals surface area contributed by atoms with E-state index in [1.54, 1.807) is 0 Å². The fraction of sp³-hybridized carbons (Fsp3) is 0.370. The van der Waals surface area contributed by atoms with Crippen LogP contribution in [0.25, 0.3) is 22.0 Å². The maximum atomic E-state index is 6.10. The van der Waals surface area contributed by atoms with Gasteiger partial charge in [0.05, 0.1) is 12.1 Å². The monoisotopic (exact) mass is 444 g/mol. The van der Waals surface area contributed by atoms with Crippen LogP contribution in [0.3, 0.4) is 0 Å². The lowest BCUT2D eigenvalue weighted by molar-refractivity contribution is 0.147. The molecule has 6 heteroatoms. The summed E-state index contributed by atoms with van der Waals surface area (Å²) in [7, 11) is 2.19. The van der Waals surface area contributed by atoms with Crippen LogP contribution in [0.2, 0.25) is 0 Å². The van der Waals surface area contributed by atoms with Crippen LogP contribution in [-0.4, -0.2) is 57.8 Å². The summed E-state index contributed by atoms with van der Waals surface area (Å²) in [4.78, 5) is 8.46. The molecule has 4 rings (SSSR count). The molecule has 1 saturated heterocycles. The molecule has 33 heavy (non-hydrogen) atoms. The Kier molecular flexibility index (Phi) is 7.60. The zero-order valence-corrected chi connectivity index (χ0v) is 20.1. The Morgan fingerprint density at radius 3 is 2.67 bits per heavy atom. The number of nitrogens with zero attached hydrogens (tertiary/aromatic N) is 4. The summed E-state index contributed by atoms with van der Waals surface area (Å²) >= 11 is 0. The number of nitrogens with one attached hydrogen (secondary N) is 1. The number of piperazine rings is 1. The SMILES string of the molecule is C\C=C/C=C\C(=C/C)Cn1cc2ccc(-c3cc(CN4CCN(C)CC4)[nH]c3CN)cc2n1. The highest BCUT2D eigenvalue weighted by Gasteiger charge is 2.17. The third-order valence-corrected chi connectivity index (χ3v) is 6.34. The highest BCUT2D eigenvalue weighted by atomic mass is 15.3. The first kappa shape index (κ1) is 23.2. The van der Waals surface area contributed by atoms with Crippen LogP contribution >= 0.6 is 0 Å². The van der Waals surface area contributed by atoms with Gasteiger partial charge in [-0.25, -0.2) is 0 Å². The molecule has 6 nitrogen and oxygen atoms in total. The van der Waals surface area contributed by atoms with Gasteiger partial charge in [-0.15, -0.1) is 0 Å². The third kappa shape index (κ3) is 5.71. The summed E-state index contributed by atoms with van der Waals surface area (Å²) in [5, 5.41) is 5.99. The van der Waals surface area contributed by atoms with E-state index in [-0.39, 0.29) is 0 Å². The van der Waals surface area contributed by atoms with Gasteiger partial charge in [0.1, 0.15) is 0 Å². The standard InChI is InChI=1S/C27H36N6/c1-4-6-7-8-21(5-2)18-33-19-23-10-9-22(15-26(23)30-33)25-16-24(29-27(25)17-28)20-32-13-11-31(3)12-14-32/h4-10,15-16,19,29H,11-14,17-18,20,28H2,1-3H3/b6-4-,8-7-,21-5+. The van der Waals surface area contributed by atoms with Gasteiger partial charge in [-0.1, -0.05) is 42.5 Å². The van der Waals surface area contributed by atoms with Gasteiger partial charge < -0.3 is 15.6 Å². The minimum atomic E-state index is 0.494. The molecule has 1 aromatic carbocycles. The lowest BCUT2D eigenvalue weighted by Gasteiger charge is -2.31. The number of rotatable bonds is 8. The summed E-state index contributed by atoms with van der Waals surface area (Å²) in [6, 6.07) is 8.78. The predicted octanol–water partition coefficient (Wildman–Crippen LogP) is 4.32. The fourth-order valence-corrected chi connectivity index (χ4v) is 4.34. The van der Waals surface area contributed by atoms with E-state index >= 15 is 0 Å². The van der Waals surface area contributed by atoms with E-state index in [1.807, 2.05) is 23.8 Å². The molecule has 0 radical (unpaired) electrons. The van der Waals surface area contributed by atoms with Crippen LogP contribution in [-0.2, 0) is 19.6 Å². The van der Waals surface area contributed by atoms with E-state index in [1.165, 1.54) is 16.8 Å². The number of H-pyrrole nitrogens is 1. The summed E-state index contributed by atoms with van der Waals surface area (Å²) in [6.45, 7) is 10.7. The van der Waals surface area contributed by atoms with E-state index in [2.05, 4.69) is 77.4 Å². The molecular weight excluding hydrogens is 408 g/mol. The van der Waals surface area contributed by atoms with Crippen LogP contribution in [0.15, 0.2) is 66.4 Å². The second-order valence-electron chi connectivity index (χ2n) is 8.82. The largest absolute Gasteiger partial charge is 0.360 e. The molecule has 0 bridgehead atoms. The third-order valence-electron chi connectivity index (χ3n) is 6.34. The number of hydrogen-bond donors (Lipinski definition) is 2. The first-order valence-corrected chi connectivity index (χ1v) is 11.8. The van der Waals surface area contributed by atoms with Crippen molar-refractivity contribution in [1.29, 1.82) is 0 Å². The number of hydrogen-bond acceptors (Lipinski definition) is 4. The topological polar surface area (TPSA) is 66.1 Å². The van der Waals surface area contributed by atoms with Gasteiger partial charge in [0, 0.05) is 67.8 Å². The molecule has 174 valence electrons. The van der Waals surface area contributed by atoms with Crippen LogP contribution in [0.4, 0.5) is 0 Å².